The minimum Gasteiger partial charge on any atom is -0.399 e. The minimum atomic E-state index is -3.01. The highest BCUT2D eigenvalue weighted by Gasteiger charge is 2.09. The number of anilines is 1. The molecule has 0 spiro atoms. The molecule has 0 aliphatic carbocycles. The van der Waals surface area contributed by atoms with Crippen LogP contribution in [-0.4, -0.2) is 19.7 Å². The van der Waals surface area contributed by atoms with Crippen LogP contribution in [0.1, 0.15) is 5.56 Å². The molecule has 0 aliphatic rings. The van der Waals surface area contributed by atoms with Gasteiger partial charge in [0.1, 0.15) is 0 Å². The van der Waals surface area contributed by atoms with E-state index in [4.69, 9.17) is 5.73 Å². The van der Waals surface area contributed by atoms with E-state index in [9.17, 15) is 8.42 Å². The molecule has 0 saturated heterocycles. The van der Waals surface area contributed by atoms with E-state index in [0.29, 0.717) is 5.69 Å². The zero-order chi connectivity index (χ0) is 11.1. The number of benzene rings is 1. The summed E-state index contributed by atoms with van der Waals surface area (Å²) < 4.78 is 22.4. The van der Waals surface area contributed by atoms with Crippen molar-refractivity contribution in [3.63, 3.8) is 0 Å². The first-order valence-corrected chi connectivity index (χ1v) is 6.55. The van der Waals surface area contributed by atoms with Gasteiger partial charge in [0.05, 0.1) is 5.75 Å². The average molecular weight is 224 g/mol. The van der Waals surface area contributed by atoms with Gasteiger partial charge in [-0.1, -0.05) is 0 Å². The van der Waals surface area contributed by atoms with Crippen LogP contribution in [0.5, 0.6) is 0 Å². The molecule has 0 unspecified atom stereocenters. The van der Waals surface area contributed by atoms with Crippen molar-refractivity contribution >= 4 is 26.4 Å². The monoisotopic (exact) mass is 224 g/mol. The third-order valence-electron chi connectivity index (χ3n) is 2.21. The maximum Gasteiger partial charge on any atom is 0.151 e. The standard InChI is InChI=1S/C10H12N2O2S/c1-15(13,14)6-7-5-12-10-3-2-8(11)4-9(7)10/h2-5,12H,6,11H2,1H3. The summed E-state index contributed by atoms with van der Waals surface area (Å²) in [5.41, 5.74) is 7.96. The van der Waals surface area contributed by atoms with Crippen LogP contribution in [0.4, 0.5) is 5.69 Å². The molecule has 0 atom stereocenters. The number of rotatable bonds is 2. The van der Waals surface area contributed by atoms with Gasteiger partial charge in [-0.25, -0.2) is 8.42 Å². The Labute approximate surface area is 88.0 Å². The number of hydrogen-bond donors (Lipinski definition) is 2. The number of sulfone groups is 1. The molecule has 80 valence electrons. The van der Waals surface area contributed by atoms with Gasteiger partial charge >= 0.3 is 0 Å². The molecule has 1 aromatic carbocycles. The molecule has 0 radical (unpaired) electrons. The third-order valence-corrected chi connectivity index (χ3v) is 3.04. The fourth-order valence-corrected chi connectivity index (χ4v) is 2.40. The van der Waals surface area contributed by atoms with Crippen molar-refractivity contribution < 1.29 is 8.42 Å². The van der Waals surface area contributed by atoms with Gasteiger partial charge in [-0.05, 0) is 23.8 Å². The maximum atomic E-state index is 11.2. The topological polar surface area (TPSA) is 76.0 Å². The number of fused-ring (bicyclic) bond motifs is 1. The van der Waals surface area contributed by atoms with Crippen molar-refractivity contribution in [2.75, 3.05) is 12.0 Å². The zero-order valence-corrected chi connectivity index (χ0v) is 9.14. The average Bonchev–Trinajstić information content (AvgIpc) is 2.46. The molecule has 5 heteroatoms. The van der Waals surface area contributed by atoms with Gasteiger partial charge in [0.25, 0.3) is 0 Å². The van der Waals surface area contributed by atoms with E-state index in [2.05, 4.69) is 4.98 Å². The molecule has 2 aromatic rings. The van der Waals surface area contributed by atoms with Crippen LogP contribution in [0.15, 0.2) is 24.4 Å². The normalized spacial score (nSPS) is 12.1. The molecule has 3 N–H and O–H groups in total. The second kappa shape index (κ2) is 3.27. The Morgan fingerprint density at radius 1 is 1.40 bits per heavy atom. The van der Waals surface area contributed by atoms with Gasteiger partial charge in [-0.2, -0.15) is 0 Å². The second-order valence-electron chi connectivity index (χ2n) is 3.69. The number of aromatic nitrogens is 1. The first-order chi connectivity index (χ1) is 6.96. The van der Waals surface area contributed by atoms with Gasteiger partial charge in [-0.3, -0.25) is 0 Å². The highest BCUT2D eigenvalue weighted by atomic mass is 32.2. The lowest BCUT2D eigenvalue weighted by molar-refractivity contribution is 0.601. The van der Waals surface area contributed by atoms with Crippen LogP contribution in [0.25, 0.3) is 10.9 Å². The molecule has 0 amide bonds. The molecule has 1 aromatic heterocycles. The molecule has 0 fully saturated rings. The SMILES string of the molecule is CS(=O)(=O)Cc1c[nH]c2ccc(N)cc12. The molecular weight excluding hydrogens is 212 g/mol. The van der Waals surface area contributed by atoms with Crippen LogP contribution in [0.3, 0.4) is 0 Å². The summed E-state index contributed by atoms with van der Waals surface area (Å²) in [5, 5.41) is 0.875. The lowest BCUT2D eigenvalue weighted by Gasteiger charge is -1.98. The summed E-state index contributed by atoms with van der Waals surface area (Å²) in [6.45, 7) is 0. The highest BCUT2D eigenvalue weighted by molar-refractivity contribution is 7.89. The summed E-state index contributed by atoms with van der Waals surface area (Å²) in [4.78, 5) is 3.02. The predicted octanol–water partition coefficient (Wildman–Crippen LogP) is 1.29. The molecular formula is C10H12N2O2S. The Morgan fingerprint density at radius 3 is 2.80 bits per heavy atom. The van der Waals surface area contributed by atoms with Gasteiger partial charge in [0.15, 0.2) is 9.84 Å². The Morgan fingerprint density at radius 2 is 2.13 bits per heavy atom. The predicted molar refractivity (Wildman–Crippen MR) is 61.3 cm³/mol. The lowest BCUT2D eigenvalue weighted by Crippen LogP contribution is -1.99. The molecule has 4 nitrogen and oxygen atoms in total. The molecule has 0 saturated carbocycles. The van der Waals surface area contributed by atoms with Crippen molar-refractivity contribution in [2.24, 2.45) is 0 Å². The van der Waals surface area contributed by atoms with Gasteiger partial charge < -0.3 is 10.7 Å². The molecule has 15 heavy (non-hydrogen) atoms. The largest absolute Gasteiger partial charge is 0.399 e. The van der Waals surface area contributed by atoms with E-state index < -0.39 is 9.84 Å². The lowest BCUT2D eigenvalue weighted by atomic mass is 10.2. The molecule has 1 heterocycles. The fourth-order valence-electron chi connectivity index (χ4n) is 1.60. The smallest absolute Gasteiger partial charge is 0.151 e. The minimum absolute atomic E-state index is 0.0381. The van der Waals surface area contributed by atoms with E-state index in [1.807, 2.05) is 6.07 Å². The van der Waals surface area contributed by atoms with Gasteiger partial charge in [0.2, 0.25) is 0 Å². The van der Waals surface area contributed by atoms with Crippen LogP contribution in [-0.2, 0) is 15.6 Å². The van der Waals surface area contributed by atoms with Crippen molar-refractivity contribution in [3.05, 3.63) is 30.0 Å². The number of aromatic amines is 1. The number of nitrogens with one attached hydrogen (secondary N) is 1. The van der Waals surface area contributed by atoms with E-state index in [0.717, 1.165) is 16.5 Å². The third kappa shape index (κ3) is 2.12. The zero-order valence-electron chi connectivity index (χ0n) is 8.32. The Balaban J connectivity index is 2.57. The van der Waals surface area contributed by atoms with Crippen LogP contribution in [0, 0.1) is 0 Å². The quantitative estimate of drug-likeness (QED) is 0.755. The highest BCUT2D eigenvalue weighted by Crippen LogP contribution is 2.22. The first kappa shape index (κ1) is 10.0. The molecule has 0 aliphatic heterocycles. The van der Waals surface area contributed by atoms with E-state index >= 15 is 0 Å². The Hall–Kier alpha value is -1.49. The second-order valence-corrected chi connectivity index (χ2v) is 5.83. The van der Waals surface area contributed by atoms with Crippen molar-refractivity contribution in [2.45, 2.75) is 5.75 Å². The van der Waals surface area contributed by atoms with E-state index in [1.165, 1.54) is 6.26 Å². The van der Waals surface area contributed by atoms with Crippen LogP contribution < -0.4 is 5.73 Å². The molecule has 0 bridgehead atoms. The van der Waals surface area contributed by atoms with Crippen molar-refractivity contribution in [3.8, 4) is 0 Å². The van der Waals surface area contributed by atoms with Crippen molar-refractivity contribution in [1.82, 2.24) is 4.98 Å². The molecule has 2 rings (SSSR count). The number of hydrogen-bond acceptors (Lipinski definition) is 3. The van der Waals surface area contributed by atoms with Gasteiger partial charge in [-0.15, -0.1) is 0 Å². The van der Waals surface area contributed by atoms with E-state index in [1.54, 1.807) is 18.3 Å². The van der Waals surface area contributed by atoms with Gasteiger partial charge in [0, 0.05) is 29.0 Å². The Kier molecular flexibility index (Phi) is 2.19. The first-order valence-electron chi connectivity index (χ1n) is 4.49. The van der Waals surface area contributed by atoms with Crippen LogP contribution >= 0.6 is 0 Å². The van der Waals surface area contributed by atoms with E-state index in [-0.39, 0.29) is 5.75 Å². The number of H-pyrrole nitrogens is 1. The summed E-state index contributed by atoms with van der Waals surface area (Å²) >= 11 is 0. The van der Waals surface area contributed by atoms with Crippen molar-refractivity contribution in [1.29, 1.82) is 0 Å². The summed E-state index contributed by atoms with van der Waals surface area (Å²) in [5.74, 6) is 0.0381. The number of nitrogens with two attached hydrogens (primary N) is 1. The Bertz CT molecular complexity index is 599. The number of nitrogen functional groups attached to an aromatic ring is 1. The maximum absolute atomic E-state index is 11.2. The fraction of sp³-hybridized carbons (Fsp3) is 0.200. The summed E-state index contributed by atoms with van der Waals surface area (Å²) in [6.07, 6.45) is 2.93. The summed E-state index contributed by atoms with van der Waals surface area (Å²) in [7, 11) is -3.01. The summed E-state index contributed by atoms with van der Waals surface area (Å²) in [6, 6.07) is 5.41. The van der Waals surface area contributed by atoms with Crippen LogP contribution in [0.2, 0.25) is 0 Å².